The molecule has 134 valence electrons. The van der Waals surface area contributed by atoms with Crippen molar-refractivity contribution in [1.82, 2.24) is 5.32 Å². The quantitative estimate of drug-likeness (QED) is 0.731. The molecule has 2 rings (SSSR count). The number of carbonyl (C=O) groups is 1. The molecule has 0 heterocycles. The topological polar surface area (TPSA) is 38.3 Å². The van der Waals surface area contributed by atoms with E-state index in [-0.39, 0.29) is 18.1 Å². The Morgan fingerprint density at radius 2 is 1.84 bits per heavy atom. The van der Waals surface area contributed by atoms with Crippen LogP contribution in [0.15, 0.2) is 48.5 Å². The van der Waals surface area contributed by atoms with Gasteiger partial charge in [-0.2, -0.15) is 0 Å². The fourth-order valence-electron chi connectivity index (χ4n) is 2.44. The van der Waals surface area contributed by atoms with Gasteiger partial charge < -0.3 is 10.1 Å². The molecule has 1 atom stereocenters. The minimum absolute atomic E-state index is 0.0387. The highest BCUT2D eigenvalue weighted by Gasteiger charge is 2.11. The highest BCUT2D eigenvalue weighted by atomic mass is 32.2. The first-order chi connectivity index (χ1) is 11.9. The van der Waals surface area contributed by atoms with E-state index in [2.05, 4.69) is 36.5 Å². The number of hydrogen-bond donors (Lipinski definition) is 1. The number of hydrogen-bond acceptors (Lipinski definition) is 3. The minimum Gasteiger partial charge on any atom is -0.491 e. The zero-order valence-corrected chi connectivity index (χ0v) is 16.2. The average Bonchev–Trinajstić information content (AvgIpc) is 2.56. The van der Waals surface area contributed by atoms with E-state index in [0.29, 0.717) is 5.75 Å². The molecule has 3 nitrogen and oxygen atoms in total. The number of ether oxygens (including phenoxy) is 1. The van der Waals surface area contributed by atoms with E-state index in [4.69, 9.17) is 4.74 Å². The Morgan fingerprint density at radius 1 is 1.12 bits per heavy atom. The number of aryl methyl sites for hydroxylation is 1. The van der Waals surface area contributed by atoms with Crippen molar-refractivity contribution < 1.29 is 9.53 Å². The molecule has 1 unspecified atom stereocenters. The van der Waals surface area contributed by atoms with Crippen molar-refractivity contribution in [2.45, 2.75) is 45.6 Å². The molecule has 0 spiro atoms. The van der Waals surface area contributed by atoms with E-state index in [0.717, 1.165) is 17.1 Å². The lowest BCUT2D eigenvalue weighted by molar-refractivity contribution is -0.119. The molecule has 0 aromatic heterocycles. The van der Waals surface area contributed by atoms with Gasteiger partial charge in [-0.15, -0.1) is 11.8 Å². The van der Waals surface area contributed by atoms with Gasteiger partial charge in [0.25, 0.3) is 0 Å². The highest BCUT2D eigenvalue weighted by Crippen LogP contribution is 2.20. The predicted octanol–water partition coefficient (Wildman–Crippen LogP) is 4.89. The number of amides is 1. The maximum atomic E-state index is 12.2. The molecule has 0 aliphatic heterocycles. The zero-order valence-electron chi connectivity index (χ0n) is 15.4. The molecular weight excluding hydrogens is 330 g/mol. The van der Waals surface area contributed by atoms with Gasteiger partial charge in [-0.25, -0.2) is 0 Å². The summed E-state index contributed by atoms with van der Waals surface area (Å²) >= 11 is 1.63. The third-order valence-electron chi connectivity index (χ3n) is 3.73. The van der Waals surface area contributed by atoms with Crippen molar-refractivity contribution >= 4 is 17.7 Å². The molecular formula is C21H27NO2S. The molecule has 0 bridgehead atoms. The number of nitrogens with one attached hydrogen (secondary N) is 1. The van der Waals surface area contributed by atoms with Crippen molar-refractivity contribution in [3.8, 4) is 5.75 Å². The van der Waals surface area contributed by atoms with Crippen LogP contribution in [0, 0.1) is 6.92 Å². The fourth-order valence-corrected chi connectivity index (χ4v) is 3.24. The summed E-state index contributed by atoms with van der Waals surface area (Å²) in [5.74, 6) is 2.20. The Bertz CT molecular complexity index is 683. The van der Waals surface area contributed by atoms with E-state index in [9.17, 15) is 4.79 Å². The van der Waals surface area contributed by atoms with E-state index in [1.165, 1.54) is 11.1 Å². The van der Waals surface area contributed by atoms with Crippen molar-refractivity contribution in [2.75, 3.05) is 5.75 Å². The molecule has 2 aromatic carbocycles. The van der Waals surface area contributed by atoms with Crippen molar-refractivity contribution in [1.29, 1.82) is 0 Å². The normalized spacial score (nSPS) is 12.0. The van der Waals surface area contributed by atoms with Crippen LogP contribution < -0.4 is 10.1 Å². The van der Waals surface area contributed by atoms with Crippen molar-refractivity contribution in [3.63, 3.8) is 0 Å². The number of rotatable bonds is 8. The summed E-state index contributed by atoms with van der Waals surface area (Å²) in [6, 6.07) is 16.3. The van der Waals surface area contributed by atoms with Crippen molar-refractivity contribution in [2.24, 2.45) is 0 Å². The van der Waals surface area contributed by atoms with E-state index >= 15 is 0 Å². The van der Waals surface area contributed by atoms with Gasteiger partial charge in [0.2, 0.25) is 5.91 Å². The molecule has 1 N–H and O–H groups in total. The number of thioether (sulfide) groups is 1. The monoisotopic (exact) mass is 357 g/mol. The SMILES string of the molecule is Cc1ccc(CSCC(=O)NC(C)c2cccc(OC(C)C)c2)cc1. The summed E-state index contributed by atoms with van der Waals surface area (Å²) in [7, 11) is 0. The smallest absolute Gasteiger partial charge is 0.230 e. The lowest BCUT2D eigenvalue weighted by Crippen LogP contribution is -2.28. The maximum Gasteiger partial charge on any atom is 0.230 e. The van der Waals surface area contributed by atoms with Gasteiger partial charge in [0.15, 0.2) is 0 Å². The molecule has 2 aromatic rings. The van der Waals surface area contributed by atoms with E-state index in [1.807, 2.05) is 45.0 Å². The first kappa shape index (κ1) is 19.4. The van der Waals surface area contributed by atoms with Crippen molar-refractivity contribution in [3.05, 3.63) is 65.2 Å². The van der Waals surface area contributed by atoms with Crippen LogP contribution in [0.4, 0.5) is 0 Å². The van der Waals surface area contributed by atoms with Gasteiger partial charge in [-0.05, 0) is 51.0 Å². The first-order valence-electron chi connectivity index (χ1n) is 8.63. The molecule has 0 radical (unpaired) electrons. The lowest BCUT2D eigenvalue weighted by atomic mass is 10.1. The van der Waals surface area contributed by atoms with Crippen LogP contribution in [0.5, 0.6) is 5.75 Å². The largest absolute Gasteiger partial charge is 0.491 e. The first-order valence-corrected chi connectivity index (χ1v) is 9.79. The third-order valence-corrected chi connectivity index (χ3v) is 4.73. The standard InChI is InChI=1S/C21H27NO2S/c1-15(2)24-20-7-5-6-19(12-20)17(4)22-21(23)14-25-13-18-10-8-16(3)9-11-18/h5-12,15,17H,13-14H2,1-4H3,(H,22,23). The van der Waals surface area contributed by atoms with Gasteiger partial charge in [-0.3, -0.25) is 4.79 Å². The summed E-state index contributed by atoms with van der Waals surface area (Å²) in [4.78, 5) is 12.2. The second-order valence-corrected chi connectivity index (χ2v) is 7.49. The molecule has 0 saturated heterocycles. The summed E-state index contributed by atoms with van der Waals surface area (Å²) in [5, 5.41) is 3.06. The fraction of sp³-hybridized carbons (Fsp3) is 0.381. The Labute approximate surface area is 155 Å². The van der Waals surface area contributed by atoms with Crippen LogP contribution in [0.1, 0.15) is 43.5 Å². The van der Waals surface area contributed by atoms with Crippen LogP contribution in [0.2, 0.25) is 0 Å². The van der Waals surface area contributed by atoms with E-state index < -0.39 is 0 Å². The van der Waals surface area contributed by atoms with Gasteiger partial charge in [0, 0.05) is 5.75 Å². The molecule has 0 aliphatic rings. The van der Waals surface area contributed by atoms with Gasteiger partial charge in [0.1, 0.15) is 5.75 Å². The maximum absolute atomic E-state index is 12.2. The number of carbonyl (C=O) groups excluding carboxylic acids is 1. The van der Waals surface area contributed by atoms with Crippen LogP contribution >= 0.6 is 11.8 Å². The minimum atomic E-state index is -0.0387. The average molecular weight is 358 g/mol. The van der Waals surface area contributed by atoms with Gasteiger partial charge in [0.05, 0.1) is 17.9 Å². The molecule has 0 saturated carbocycles. The van der Waals surface area contributed by atoms with Crippen LogP contribution in [0.3, 0.4) is 0 Å². The Hall–Kier alpha value is -1.94. The predicted molar refractivity (Wildman–Crippen MR) is 106 cm³/mol. The third kappa shape index (κ3) is 6.83. The number of benzene rings is 2. The van der Waals surface area contributed by atoms with Crippen LogP contribution in [0.25, 0.3) is 0 Å². The summed E-state index contributed by atoms with van der Waals surface area (Å²) < 4.78 is 5.72. The zero-order chi connectivity index (χ0) is 18.2. The molecule has 0 fully saturated rings. The van der Waals surface area contributed by atoms with Crippen LogP contribution in [-0.2, 0) is 10.5 Å². The Morgan fingerprint density at radius 3 is 2.52 bits per heavy atom. The molecule has 0 aliphatic carbocycles. The Kier molecular flexibility index (Phi) is 7.38. The molecule has 1 amide bonds. The lowest BCUT2D eigenvalue weighted by Gasteiger charge is -2.16. The summed E-state index contributed by atoms with van der Waals surface area (Å²) in [6.45, 7) is 8.08. The summed E-state index contributed by atoms with van der Waals surface area (Å²) in [6.07, 6.45) is 0.137. The second kappa shape index (κ2) is 9.52. The van der Waals surface area contributed by atoms with E-state index in [1.54, 1.807) is 11.8 Å². The molecule has 4 heteroatoms. The molecule has 25 heavy (non-hydrogen) atoms. The van der Waals surface area contributed by atoms with Gasteiger partial charge in [-0.1, -0.05) is 42.0 Å². The van der Waals surface area contributed by atoms with Crippen LogP contribution in [-0.4, -0.2) is 17.8 Å². The summed E-state index contributed by atoms with van der Waals surface area (Å²) in [5.41, 5.74) is 3.55. The second-order valence-electron chi connectivity index (χ2n) is 6.51. The van der Waals surface area contributed by atoms with Gasteiger partial charge >= 0.3 is 0 Å². The highest BCUT2D eigenvalue weighted by molar-refractivity contribution is 7.99. The Balaban J connectivity index is 1.80.